The Labute approximate surface area is 188 Å². The average Bonchev–Trinajstić information content (AvgIpc) is 3.22. The highest BCUT2D eigenvalue weighted by atomic mass is 19.1. The normalized spacial score (nSPS) is 13.7. The molecule has 3 aromatic carbocycles. The number of aromatic carboxylic acids is 1. The second-order valence-electron chi connectivity index (χ2n) is 8.16. The zero-order chi connectivity index (χ0) is 23.1. The highest BCUT2D eigenvalue weighted by Crippen LogP contribution is 2.33. The number of carboxylic acids is 1. The molecular formula is C26H21FN2O4. The molecule has 0 amide bonds. The maximum atomic E-state index is 13.6. The van der Waals surface area contributed by atoms with Gasteiger partial charge in [-0.1, -0.05) is 30.3 Å². The number of para-hydroxylation sites is 2. The van der Waals surface area contributed by atoms with Crippen molar-refractivity contribution in [1.29, 1.82) is 0 Å². The summed E-state index contributed by atoms with van der Waals surface area (Å²) in [6, 6.07) is 17.8. The van der Waals surface area contributed by atoms with E-state index in [0.29, 0.717) is 35.6 Å². The lowest BCUT2D eigenvalue weighted by molar-refractivity contribution is 0.0698. The van der Waals surface area contributed by atoms with Crippen LogP contribution in [0.5, 0.6) is 0 Å². The van der Waals surface area contributed by atoms with Gasteiger partial charge >= 0.3 is 5.97 Å². The van der Waals surface area contributed by atoms with Gasteiger partial charge in [0.1, 0.15) is 11.4 Å². The smallest absolute Gasteiger partial charge is 0.337 e. The van der Waals surface area contributed by atoms with Gasteiger partial charge in [-0.05, 0) is 48.4 Å². The summed E-state index contributed by atoms with van der Waals surface area (Å²) in [5.41, 5.74) is 3.50. The zero-order valence-electron chi connectivity index (χ0n) is 17.8. The van der Waals surface area contributed by atoms with Crippen molar-refractivity contribution in [2.75, 3.05) is 10.2 Å². The molecule has 166 valence electrons. The number of hydrogen-bond acceptors (Lipinski definition) is 5. The lowest BCUT2D eigenvalue weighted by Crippen LogP contribution is -2.17. The van der Waals surface area contributed by atoms with E-state index in [-0.39, 0.29) is 22.9 Å². The summed E-state index contributed by atoms with van der Waals surface area (Å²) in [5, 5.41) is 13.2. The molecule has 4 aromatic rings. The largest absolute Gasteiger partial charge is 0.478 e. The fraction of sp³-hybridized carbons (Fsp3) is 0.154. The van der Waals surface area contributed by atoms with Gasteiger partial charge in [-0.25, -0.2) is 9.18 Å². The Kier molecular flexibility index (Phi) is 5.09. The van der Waals surface area contributed by atoms with E-state index in [4.69, 9.17) is 4.42 Å². The van der Waals surface area contributed by atoms with Crippen LogP contribution >= 0.6 is 0 Å². The lowest BCUT2D eigenvalue weighted by Gasteiger charge is -2.20. The monoisotopic (exact) mass is 444 g/mol. The van der Waals surface area contributed by atoms with E-state index in [1.807, 2.05) is 17.9 Å². The first-order valence-electron chi connectivity index (χ1n) is 10.6. The molecule has 2 N–H and O–H groups in total. The van der Waals surface area contributed by atoms with Crippen molar-refractivity contribution in [3.05, 3.63) is 105 Å². The summed E-state index contributed by atoms with van der Waals surface area (Å²) in [4.78, 5) is 26.4. The van der Waals surface area contributed by atoms with Crippen molar-refractivity contribution in [2.45, 2.75) is 26.1 Å². The van der Waals surface area contributed by atoms with Crippen LogP contribution in [0.15, 0.2) is 75.9 Å². The van der Waals surface area contributed by atoms with Gasteiger partial charge in [0.05, 0.1) is 17.0 Å². The van der Waals surface area contributed by atoms with Crippen LogP contribution in [-0.4, -0.2) is 11.1 Å². The molecule has 1 unspecified atom stereocenters. The summed E-state index contributed by atoms with van der Waals surface area (Å²) in [6.07, 6.45) is 0. The fourth-order valence-corrected chi connectivity index (χ4v) is 4.31. The van der Waals surface area contributed by atoms with E-state index < -0.39 is 5.97 Å². The van der Waals surface area contributed by atoms with E-state index in [1.165, 1.54) is 24.3 Å². The molecule has 1 atom stereocenters. The predicted octanol–water partition coefficient (Wildman–Crippen LogP) is 5.32. The quantitative estimate of drug-likeness (QED) is 0.433. The van der Waals surface area contributed by atoms with Crippen molar-refractivity contribution in [2.24, 2.45) is 0 Å². The highest BCUT2D eigenvalue weighted by Gasteiger charge is 2.23. The van der Waals surface area contributed by atoms with Crippen LogP contribution in [0.25, 0.3) is 11.0 Å². The van der Waals surface area contributed by atoms with Gasteiger partial charge in [-0.15, -0.1) is 0 Å². The third-order valence-corrected chi connectivity index (χ3v) is 5.97. The topological polar surface area (TPSA) is 82.8 Å². The molecule has 0 fully saturated rings. The molecule has 2 heterocycles. The summed E-state index contributed by atoms with van der Waals surface area (Å²) >= 11 is 0. The van der Waals surface area contributed by atoms with Crippen LogP contribution in [0.2, 0.25) is 0 Å². The van der Waals surface area contributed by atoms with E-state index >= 15 is 0 Å². The van der Waals surface area contributed by atoms with Crippen molar-refractivity contribution in [1.82, 2.24) is 0 Å². The molecule has 0 bridgehead atoms. The van der Waals surface area contributed by atoms with Crippen LogP contribution in [0, 0.1) is 5.82 Å². The summed E-state index contributed by atoms with van der Waals surface area (Å²) < 4.78 is 19.9. The number of hydrogen-bond donors (Lipinski definition) is 2. The first-order valence-corrected chi connectivity index (χ1v) is 10.6. The van der Waals surface area contributed by atoms with Crippen molar-refractivity contribution < 1.29 is 18.7 Å². The maximum absolute atomic E-state index is 13.6. The number of benzene rings is 3. The lowest BCUT2D eigenvalue weighted by atomic mass is 10.0. The van der Waals surface area contributed by atoms with E-state index in [0.717, 1.165) is 16.7 Å². The Morgan fingerprint density at radius 2 is 1.85 bits per heavy atom. The summed E-state index contributed by atoms with van der Waals surface area (Å²) in [7, 11) is 0. The standard InChI is InChI=1S/C26H21FN2O4/c1-15(28-22-8-3-2-5-20(22)26(31)32)19-6-4-7-21-23(30)12-24(33-25(19)21)29-13-16-9-10-18(27)11-17(16)14-29/h2-12,15,28H,13-14H2,1H3,(H,31,32). The molecule has 0 spiro atoms. The average molecular weight is 444 g/mol. The molecular weight excluding hydrogens is 423 g/mol. The van der Waals surface area contributed by atoms with Gasteiger partial charge in [0.25, 0.3) is 0 Å². The van der Waals surface area contributed by atoms with Crippen molar-refractivity contribution in [3.8, 4) is 0 Å². The molecule has 1 aliphatic heterocycles. The number of halogens is 1. The molecule has 0 radical (unpaired) electrons. The van der Waals surface area contributed by atoms with Gasteiger partial charge in [-0.3, -0.25) is 4.79 Å². The third kappa shape index (κ3) is 3.82. The molecule has 1 aromatic heterocycles. The van der Waals surface area contributed by atoms with Crippen LogP contribution in [-0.2, 0) is 13.1 Å². The van der Waals surface area contributed by atoms with Gasteiger partial charge in [0.2, 0.25) is 5.88 Å². The van der Waals surface area contributed by atoms with Gasteiger partial charge in [0, 0.05) is 30.4 Å². The van der Waals surface area contributed by atoms with Crippen molar-refractivity contribution >= 4 is 28.5 Å². The SMILES string of the molecule is CC(Nc1ccccc1C(=O)O)c1cccc2c(=O)cc(N3Cc4ccc(F)cc4C3)oc12. The number of carbonyl (C=O) groups is 1. The van der Waals surface area contributed by atoms with Crippen LogP contribution in [0.1, 0.15) is 40.0 Å². The molecule has 1 aliphatic rings. The van der Waals surface area contributed by atoms with E-state index in [2.05, 4.69) is 5.32 Å². The highest BCUT2D eigenvalue weighted by molar-refractivity contribution is 5.94. The Balaban J connectivity index is 1.53. The second-order valence-corrected chi connectivity index (χ2v) is 8.16. The zero-order valence-corrected chi connectivity index (χ0v) is 17.8. The molecule has 7 heteroatoms. The number of carboxylic acid groups (broad SMARTS) is 1. The molecule has 33 heavy (non-hydrogen) atoms. The number of nitrogens with zero attached hydrogens (tertiary/aromatic N) is 1. The van der Waals surface area contributed by atoms with Gasteiger partial charge in [0.15, 0.2) is 5.43 Å². The fourth-order valence-electron chi connectivity index (χ4n) is 4.31. The van der Waals surface area contributed by atoms with E-state index in [1.54, 1.807) is 36.4 Å². The second kappa shape index (κ2) is 8.09. The number of anilines is 2. The molecule has 0 aliphatic carbocycles. The Bertz CT molecular complexity index is 1450. The van der Waals surface area contributed by atoms with Gasteiger partial charge < -0.3 is 19.7 Å². The predicted molar refractivity (Wildman–Crippen MR) is 124 cm³/mol. The summed E-state index contributed by atoms with van der Waals surface area (Å²) in [5.74, 6) is -0.906. The summed E-state index contributed by atoms with van der Waals surface area (Å²) in [6.45, 7) is 2.85. The van der Waals surface area contributed by atoms with E-state index in [9.17, 15) is 19.1 Å². The number of nitrogens with one attached hydrogen (secondary N) is 1. The maximum Gasteiger partial charge on any atom is 0.337 e. The minimum Gasteiger partial charge on any atom is -0.478 e. The Morgan fingerprint density at radius 1 is 1.06 bits per heavy atom. The minimum atomic E-state index is -1.03. The Morgan fingerprint density at radius 3 is 2.67 bits per heavy atom. The Hall–Kier alpha value is -4.13. The van der Waals surface area contributed by atoms with Crippen LogP contribution in [0.3, 0.4) is 0 Å². The van der Waals surface area contributed by atoms with Crippen LogP contribution in [0.4, 0.5) is 16.0 Å². The van der Waals surface area contributed by atoms with Crippen molar-refractivity contribution in [3.63, 3.8) is 0 Å². The third-order valence-electron chi connectivity index (χ3n) is 5.97. The molecule has 0 saturated heterocycles. The van der Waals surface area contributed by atoms with Crippen LogP contribution < -0.4 is 15.6 Å². The molecule has 5 rings (SSSR count). The van der Waals surface area contributed by atoms with Gasteiger partial charge in [-0.2, -0.15) is 0 Å². The number of rotatable bonds is 5. The minimum absolute atomic E-state index is 0.161. The molecule has 6 nitrogen and oxygen atoms in total. The number of fused-ring (bicyclic) bond motifs is 2. The first-order chi connectivity index (χ1) is 15.9. The molecule has 0 saturated carbocycles. The first kappa shape index (κ1) is 20.8.